The molecule has 0 amide bonds. The molecular formula is C17H27NO5. The lowest BCUT2D eigenvalue weighted by Crippen LogP contribution is -2.31. The third kappa shape index (κ3) is 6.74. The van der Waals surface area contributed by atoms with Crippen LogP contribution in [0, 0.1) is 0 Å². The Balaban J connectivity index is 2.04. The highest BCUT2D eigenvalue weighted by Gasteiger charge is 2.12. The number of nitrogens with zero attached hydrogens (tertiary/aromatic N) is 1. The maximum atomic E-state index is 5.88. The summed E-state index contributed by atoms with van der Waals surface area (Å²) >= 11 is 0. The van der Waals surface area contributed by atoms with Crippen LogP contribution < -0.4 is 9.64 Å². The van der Waals surface area contributed by atoms with Gasteiger partial charge in [-0.05, 0) is 12.1 Å². The quantitative estimate of drug-likeness (QED) is 0.841. The molecule has 1 aliphatic rings. The van der Waals surface area contributed by atoms with Gasteiger partial charge in [-0.1, -0.05) is 12.1 Å². The van der Waals surface area contributed by atoms with E-state index in [-0.39, 0.29) is 0 Å². The highest BCUT2D eigenvalue weighted by atomic mass is 16.6. The van der Waals surface area contributed by atoms with Gasteiger partial charge in [0.15, 0.2) is 0 Å². The second kappa shape index (κ2) is 11.2. The molecule has 0 aromatic heterocycles. The molecule has 0 unspecified atom stereocenters. The topological polar surface area (TPSA) is 49.4 Å². The summed E-state index contributed by atoms with van der Waals surface area (Å²) in [6.07, 6.45) is 0. The average molecular weight is 325 g/mol. The van der Waals surface area contributed by atoms with Crippen molar-refractivity contribution in [3.8, 4) is 5.75 Å². The maximum absolute atomic E-state index is 5.88. The van der Waals surface area contributed by atoms with Crippen LogP contribution in [0.15, 0.2) is 24.3 Å². The van der Waals surface area contributed by atoms with E-state index in [4.69, 9.17) is 23.7 Å². The molecule has 23 heavy (non-hydrogen) atoms. The molecule has 1 aliphatic heterocycles. The zero-order valence-electron chi connectivity index (χ0n) is 13.9. The number of hydrogen-bond donors (Lipinski definition) is 0. The van der Waals surface area contributed by atoms with Crippen molar-refractivity contribution < 1.29 is 23.7 Å². The number of methoxy groups -OCH3 is 1. The van der Waals surface area contributed by atoms with Gasteiger partial charge in [-0.3, -0.25) is 0 Å². The van der Waals surface area contributed by atoms with Crippen molar-refractivity contribution in [3.63, 3.8) is 0 Å². The van der Waals surface area contributed by atoms with Crippen LogP contribution in [0.1, 0.15) is 0 Å². The Labute approximate surface area is 138 Å². The van der Waals surface area contributed by atoms with E-state index in [1.807, 2.05) is 18.2 Å². The van der Waals surface area contributed by atoms with Gasteiger partial charge in [0.05, 0.1) is 51.9 Å². The largest absolute Gasteiger partial charge is 0.489 e. The molecule has 0 N–H and O–H groups in total. The van der Waals surface area contributed by atoms with Gasteiger partial charge >= 0.3 is 0 Å². The molecule has 0 aliphatic carbocycles. The summed E-state index contributed by atoms with van der Waals surface area (Å²) in [5, 5.41) is 0. The summed E-state index contributed by atoms with van der Waals surface area (Å²) in [4.78, 5) is 2.22. The highest BCUT2D eigenvalue weighted by molar-refractivity contribution is 5.58. The van der Waals surface area contributed by atoms with Crippen molar-refractivity contribution >= 4 is 5.69 Å². The molecule has 1 heterocycles. The van der Waals surface area contributed by atoms with Gasteiger partial charge in [-0.15, -0.1) is 0 Å². The lowest BCUT2D eigenvalue weighted by atomic mass is 10.2. The van der Waals surface area contributed by atoms with Crippen molar-refractivity contribution in [2.45, 2.75) is 0 Å². The Morgan fingerprint density at radius 1 is 0.913 bits per heavy atom. The van der Waals surface area contributed by atoms with Gasteiger partial charge in [0.1, 0.15) is 12.4 Å². The van der Waals surface area contributed by atoms with Gasteiger partial charge in [-0.25, -0.2) is 0 Å². The molecule has 0 atom stereocenters. The van der Waals surface area contributed by atoms with Crippen LogP contribution in [0.4, 0.5) is 5.69 Å². The van der Waals surface area contributed by atoms with E-state index < -0.39 is 0 Å². The van der Waals surface area contributed by atoms with E-state index in [0.29, 0.717) is 52.9 Å². The smallest absolute Gasteiger partial charge is 0.142 e. The van der Waals surface area contributed by atoms with Crippen LogP contribution in [-0.4, -0.2) is 73.1 Å². The van der Waals surface area contributed by atoms with Crippen LogP contribution in [0.2, 0.25) is 0 Å². The zero-order chi connectivity index (χ0) is 16.2. The predicted molar refractivity (Wildman–Crippen MR) is 88.5 cm³/mol. The predicted octanol–water partition coefficient (Wildman–Crippen LogP) is 1.58. The van der Waals surface area contributed by atoms with Crippen LogP contribution >= 0.6 is 0 Å². The first kappa shape index (κ1) is 18.0. The van der Waals surface area contributed by atoms with E-state index >= 15 is 0 Å². The summed E-state index contributed by atoms with van der Waals surface area (Å²) in [6, 6.07) is 8.04. The number of rotatable bonds is 3. The van der Waals surface area contributed by atoms with Crippen LogP contribution in [-0.2, 0) is 18.9 Å². The fraction of sp³-hybridized carbons (Fsp3) is 0.647. The van der Waals surface area contributed by atoms with Crippen LogP contribution in [0.25, 0.3) is 0 Å². The molecule has 2 rings (SSSR count). The molecule has 0 radical (unpaired) electrons. The molecule has 6 nitrogen and oxygen atoms in total. The highest BCUT2D eigenvalue weighted by Crippen LogP contribution is 2.27. The van der Waals surface area contributed by atoms with Gasteiger partial charge < -0.3 is 28.6 Å². The van der Waals surface area contributed by atoms with Crippen molar-refractivity contribution in [2.75, 3.05) is 78.0 Å². The second-order valence-corrected chi connectivity index (χ2v) is 5.13. The third-order valence-corrected chi connectivity index (χ3v) is 3.51. The Morgan fingerprint density at radius 2 is 1.57 bits per heavy atom. The SMILES string of the molecule is COCCN1CCOCCOCCOCCOc2ccccc21. The summed E-state index contributed by atoms with van der Waals surface area (Å²) in [7, 11) is 1.71. The lowest BCUT2D eigenvalue weighted by molar-refractivity contribution is 0.0110. The van der Waals surface area contributed by atoms with Gasteiger partial charge in [0.25, 0.3) is 0 Å². The monoisotopic (exact) mass is 325 g/mol. The first-order chi connectivity index (χ1) is 11.4. The second-order valence-electron chi connectivity index (χ2n) is 5.13. The first-order valence-corrected chi connectivity index (χ1v) is 8.11. The molecule has 0 spiro atoms. The number of para-hydroxylation sites is 2. The van der Waals surface area contributed by atoms with E-state index in [2.05, 4.69) is 11.0 Å². The molecule has 1 aromatic rings. The molecule has 0 saturated heterocycles. The van der Waals surface area contributed by atoms with Gasteiger partial charge in [0.2, 0.25) is 0 Å². The minimum atomic E-state index is 0.519. The van der Waals surface area contributed by atoms with E-state index in [1.54, 1.807) is 7.11 Å². The summed E-state index contributed by atoms with van der Waals surface area (Å²) in [5.41, 5.74) is 1.05. The normalized spacial score (nSPS) is 18.4. The lowest BCUT2D eigenvalue weighted by Gasteiger charge is -2.26. The molecule has 0 bridgehead atoms. The van der Waals surface area contributed by atoms with E-state index in [1.165, 1.54) is 0 Å². The minimum Gasteiger partial charge on any atom is -0.489 e. The number of hydrogen-bond acceptors (Lipinski definition) is 6. The van der Waals surface area contributed by atoms with E-state index in [9.17, 15) is 0 Å². The minimum absolute atomic E-state index is 0.519. The van der Waals surface area contributed by atoms with Crippen LogP contribution in [0.3, 0.4) is 0 Å². The Kier molecular flexibility index (Phi) is 8.80. The fourth-order valence-corrected chi connectivity index (χ4v) is 2.32. The molecule has 6 heteroatoms. The maximum Gasteiger partial charge on any atom is 0.142 e. The number of fused-ring (bicyclic) bond motifs is 1. The zero-order valence-corrected chi connectivity index (χ0v) is 13.9. The fourth-order valence-electron chi connectivity index (χ4n) is 2.32. The molecule has 0 fully saturated rings. The standard InChI is InChI=1S/C17H27NO5/c1-19-8-6-18-7-9-20-10-11-21-12-13-22-14-15-23-17-5-3-2-4-16(17)18/h2-5H,6-15H2,1H3. The Hall–Kier alpha value is -1.34. The number of anilines is 1. The molecule has 1 aromatic carbocycles. The Bertz CT molecular complexity index is 429. The van der Waals surface area contributed by atoms with Crippen molar-refractivity contribution in [3.05, 3.63) is 24.3 Å². The summed E-state index contributed by atoms with van der Waals surface area (Å²) < 4.78 is 27.7. The summed E-state index contributed by atoms with van der Waals surface area (Å²) in [6.45, 7) is 6.26. The summed E-state index contributed by atoms with van der Waals surface area (Å²) in [5.74, 6) is 0.860. The first-order valence-electron chi connectivity index (χ1n) is 8.11. The van der Waals surface area contributed by atoms with Crippen molar-refractivity contribution in [1.82, 2.24) is 0 Å². The van der Waals surface area contributed by atoms with Gasteiger partial charge in [0, 0.05) is 20.2 Å². The number of benzene rings is 1. The molecule has 130 valence electrons. The number of ether oxygens (including phenoxy) is 5. The van der Waals surface area contributed by atoms with Crippen LogP contribution in [0.5, 0.6) is 5.75 Å². The average Bonchev–Trinajstić information content (AvgIpc) is 2.59. The third-order valence-electron chi connectivity index (χ3n) is 3.51. The molecule has 0 saturated carbocycles. The van der Waals surface area contributed by atoms with Crippen molar-refractivity contribution in [1.29, 1.82) is 0 Å². The Morgan fingerprint density at radius 3 is 2.30 bits per heavy atom. The van der Waals surface area contributed by atoms with Crippen molar-refractivity contribution in [2.24, 2.45) is 0 Å². The van der Waals surface area contributed by atoms with Gasteiger partial charge in [-0.2, -0.15) is 0 Å². The van der Waals surface area contributed by atoms with E-state index in [0.717, 1.165) is 24.5 Å². The molecular weight excluding hydrogens is 298 g/mol.